The average Bonchev–Trinajstić information content (AvgIpc) is 2.29. The molecule has 3 nitrogen and oxygen atoms in total. The Morgan fingerprint density at radius 3 is 2.72 bits per heavy atom. The topological polar surface area (TPSA) is 43.4 Å². The van der Waals surface area contributed by atoms with Crippen LogP contribution in [-0.4, -0.2) is 26.5 Å². The summed E-state index contributed by atoms with van der Waals surface area (Å²) >= 11 is 5.13. The maximum atomic E-state index is 11.1. The Hall–Kier alpha value is 0.0900. The molecule has 0 aliphatic rings. The lowest BCUT2D eigenvalue weighted by Gasteiger charge is -2.08. The molecular weight excluding hydrogens is 360 g/mol. The third-order valence-electron chi connectivity index (χ3n) is 2.08. The second kappa shape index (κ2) is 7.62. The quantitative estimate of drug-likeness (QED) is 0.537. The standard InChI is InChI=1S/C11H14BrClO3S2/c1-2-17-7-3-6-16-11-5-4-9(8-10(11)12)18(13,14)15/h4-5,8H,2-3,6-7H2,1H3. The van der Waals surface area contributed by atoms with Crippen LogP contribution in [0.1, 0.15) is 13.3 Å². The fraction of sp³-hybridized carbons (Fsp3) is 0.455. The van der Waals surface area contributed by atoms with Crippen molar-refractivity contribution in [1.82, 2.24) is 0 Å². The largest absolute Gasteiger partial charge is 0.492 e. The van der Waals surface area contributed by atoms with E-state index in [1.807, 2.05) is 11.8 Å². The Balaban J connectivity index is 2.58. The van der Waals surface area contributed by atoms with E-state index in [2.05, 4.69) is 22.9 Å². The molecule has 0 unspecified atom stereocenters. The Kier molecular flexibility index (Phi) is 6.84. The number of thioether (sulfide) groups is 1. The molecular formula is C11H14BrClO3S2. The maximum Gasteiger partial charge on any atom is 0.261 e. The molecule has 0 aliphatic carbocycles. The average molecular weight is 374 g/mol. The van der Waals surface area contributed by atoms with E-state index >= 15 is 0 Å². The van der Waals surface area contributed by atoms with Gasteiger partial charge in [-0.15, -0.1) is 0 Å². The van der Waals surface area contributed by atoms with Gasteiger partial charge in [-0.3, -0.25) is 0 Å². The highest BCUT2D eigenvalue weighted by atomic mass is 79.9. The minimum Gasteiger partial charge on any atom is -0.492 e. The molecule has 0 fully saturated rings. The molecule has 7 heteroatoms. The summed E-state index contributed by atoms with van der Waals surface area (Å²) in [6.07, 6.45) is 0.959. The molecule has 0 spiro atoms. The normalized spacial score (nSPS) is 11.5. The van der Waals surface area contributed by atoms with E-state index in [0.717, 1.165) is 17.9 Å². The molecule has 0 atom stereocenters. The van der Waals surface area contributed by atoms with E-state index < -0.39 is 9.05 Å². The zero-order valence-electron chi connectivity index (χ0n) is 9.86. The molecule has 0 radical (unpaired) electrons. The smallest absolute Gasteiger partial charge is 0.261 e. The molecule has 1 aromatic carbocycles. The van der Waals surface area contributed by atoms with Gasteiger partial charge in [0.15, 0.2) is 0 Å². The lowest BCUT2D eigenvalue weighted by Crippen LogP contribution is -2.00. The van der Waals surface area contributed by atoms with Gasteiger partial charge in [0.1, 0.15) is 5.75 Å². The predicted octanol–water partition coefficient (Wildman–Crippen LogP) is 3.90. The zero-order valence-corrected chi connectivity index (χ0v) is 13.8. The highest BCUT2D eigenvalue weighted by Crippen LogP contribution is 2.29. The number of rotatable bonds is 7. The van der Waals surface area contributed by atoms with E-state index in [0.29, 0.717) is 16.8 Å². The molecule has 1 rings (SSSR count). The lowest BCUT2D eigenvalue weighted by atomic mass is 10.3. The highest BCUT2D eigenvalue weighted by Gasteiger charge is 2.12. The van der Waals surface area contributed by atoms with E-state index in [1.165, 1.54) is 12.1 Å². The van der Waals surface area contributed by atoms with Crippen LogP contribution in [0.4, 0.5) is 0 Å². The SMILES string of the molecule is CCSCCCOc1ccc(S(=O)(=O)Cl)cc1Br. The summed E-state index contributed by atoms with van der Waals surface area (Å²) in [7, 11) is 1.56. The molecule has 0 aliphatic heterocycles. The van der Waals surface area contributed by atoms with E-state index in [1.54, 1.807) is 6.07 Å². The third-order valence-corrected chi connectivity index (χ3v) is 5.04. The molecule has 0 N–H and O–H groups in total. The van der Waals surface area contributed by atoms with E-state index in [4.69, 9.17) is 15.4 Å². The van der Waals surface area contributed by atoms with Crippen molar-refractivity contribution >= 4 is 47.4 Å². The second-order valence-electron chi connectivity index (χ2n) is 3.43. The minimum atomic E-state index is -3.69. The first kappa shape index (κ1) is 16.1. The first-order valence-corrected chi connectivity index (χ1v) is 9.65. The van der Waals surface area contributed by atoms with Gasteiger partial charge < -0.3 is 4.74 Å². The maximum absolute atomic E-state index is 11.1. The molecule has 0 saturated carbocycles. The zero-order chi connectivity index (χ0) is 13.6. The summed E-state index contributed by atoms with van der Waals surface area (Å²) < 4.78 is 28.4. The molecule has 0 aromatic heterocycles. The van der Waals surface area contributed by atoms with Crippen molar-refractivity contribution in [3.63, 3.8) is 0 Å². The fourth-order valence-electron chi connectivity index (χ4n) is 1.24. The van der Waals surface area contributed by atoms with Crippen molar-refractivity contribution in [3.8, 4) is 5.75 Å². The van der Waals surface area contributed by atoms with Crippen LogP contribution in [0.25, 0.3) is 0 Å². The van der Waals surface area contributed by atoms with Gasteiger partial charge in [-0.25, -0.2) is 8.42 Å². The molecule has 0 amide bonds. The van der Waals surface area contributed by atoms with E-state index in [-0.39, 0.29) is 4.90 Å². The second-order valence-corrected chi connectivity index (χ2v) is 8.24. The molecule has 0 heterocycles. The van der Waals surface area contributed by atoms with Gasteiger partial charge in [-0.2, -0.15) is 11.8 Å². The van der Waals surface area contributed by atoms with Crippen LogP contribution in [0.5, 0.6) is 5.75 Å². The van der Waals surface area contributed by atoms with Gasteiger partial charge in [0, 0.05) is 10.7 Å². The Labute approximate surface area is 125 Å². The van der Waals surface area contributed by atoms with Crippen LogP contribution in [0.3, 0.4) is 0 Å². The van der Waals surface area contributed by atoms with Crippen LogP contribution < -0.4 is 4.74 Å². The van der Waals surface area contributed by atoms with Crippen molar-refractivity contribution in [2.75, 3.05) is 18.1 Å². The summed E-state index contributed by atoms with van der Waals surface area (Å²) in [6, 6.07) is 4.48. The summed E-state index contributed by atoms with van der Waals surface area (Å²) in [5.74, 6) is 2.79. The van der Waals surface area contributed by atoms with Crippen LogP contribution >= 0.6 is 38.4 Å². The van der Waals surface area contributed by atoms with Gasteiger partial charge in [-0.05, 0) is 52.1 Å². The number of hydrogen-bond acceptors (Lipinski definition) is 4. The van der Waals surface area contributed by atoms with Crippen molar-refractivity contribution in [2.45, 2.75) is 18.2 Å². The molecule has 18 heavy (non-hydrogen) atoms. The molecule has 0 saturated heterocycles. The van der Waals surface area contributed by atoms with Crippen LogP contribution in [0, 0.1) is 0 Å². The fourth-order valence-corrected chi connectivity index (χ4v) is 3.27. The molecule has 0 bridgehead atoms. The third kappa shape index (κ3) is 5.38. The van der Waals surface area contributed by atoms with Gasteiger partial charge in [0.2, 0.25) is 0 Å². The minimum absolute atomic E-state index is 0.0601. The van der Waals surface area contributed by atoms with Crippen LogP contribution in [0.2, 0.25) is 0 Å². The number of hydrogen-bond donors (Lipinski definition) is 0. The number of benzene rings is 1. The number of halogens is 2. The first-order valence-electron chi connectivity index (χ1n) is 5.40. The monoisotopic (exact) mass is 372 g/mol. The van der Waals surface area contributed by atoms with Crippen molar-refractivity contribution in [1.29, 1.82) is 0 Å². The van der Waals surface area contributed by atoms with Crippen LogP contribution in [-0.2, 0) is 9.05 Å². The van der Waals surface area contributed by atoms with Crippen molar-refractivity contribution in [3.05, 3.63) is 22.7 Å². The lowest BCUT2D eigenvalue weighted by molar-refractivity contribution is 0.316. The van der Waals surface area contributed by atoms with Gasteiger partial charge in [-0.1, -0.05) is 6.92 Å². The van der Waals surface area contributed by atoms with Crippen LogP contribution in [0.15, 0.2) is 27.6 Å². The Bertz CT molecular complexity index is 491. The number of ether oxygens (including phenoxy) is 1. The summed E-state index contributed by atoms with van der Waals surface area (Å²) in [6.45, 7) is 2.73. The summed E-state index contributed by atoms with van der Waals surface area (Å²) in [5.41, 5.74) is 0. The van der Waals surface area contributed by atoms with Crippen molar-refractivity contribution < 1.29 is 13.2 Å². The first-order chi connectivity index (χ1) is 8.45. The van der Waals surface area contributed by atoms with Gasteiger partial charge >= 0.3 is 0 Å². The van der Waals surface area contributed by atoms with Gasteiger partial charge in [0.05, 0.1) is 16.0 Å². The summed E-state index contributed by atoms with van der Waals surface area (Å²) in [4.78, 5) is 0.0601. The van der Waals surface area contributed by atoms with E-state index in [9.17, 15) is 8.42 Å². The summed E-state index contributed by atoms with van der Waals surface area (Å²) in [5, 5.41) is 0. The predicted molar refractivity (Wildman–Crippen MR) is 80.3 cm³/mol. The Morgan fingerprint density at radius 2 is 2.17 bits per heavy atom. The Morgan fingerprint density at radius 1 is 1.44 bits per heavy atom. The molecule has 102 valence electrons. The highest BCUT2D eigenvalue weighted by molar-refractivity contribution is 9.10. The van der Waals surface area contributed by atoms with Gasteiger partial charge in [0.25, 0.3) is 9.05 Å². The molecule has 1 aromatic rings. The van der Waals surface area contributed by atoms with Crippen molar-refractivity contribution in [2.24, 2.45) is 0 Å².